The van der Waals surface area contributed by atoms with Gasteiger partial charge >= 0.3 is 0 Å². The summed E-state index contributed by atoms with van der Waals surface area (Å²) in [6.07, 6.45) is 1.53. The monoisotopic (exact) mass is 360 g/mol. The molecule has 0 radical (unpaired) electrons. The Balaban J connectivity index is 2.02. The van der Waals surface area contributed by atoms with Crippen LogP contribution in [0.5, 0.6) is 0 Å². The first-order chi connectivity index (χ1) is 11.8. The predicted molar refractivity (Wildman–Crippen MR) is 100 cm³/mol. The molecule has 0 fully saturated rings. The summed E-state index contributed by atoms with van der Waals surface area (Å²) in [6.45, 7) is 5.04. The van der Waals surface area contributed by atoms with Gasteiger partial charge in [-0.3, -0.25) is 4.79 Å². The number of benzene rings is 2. The molecule has 0 saturated carbocycles. The maximum Gasteiger partial charge on any atom is 0.240 e. The van der Waals surface area contributed by atoms with Gasteiger partial charge in [0.2, 0.25) is 15.9 Å². The SMILES string of the molecule is CC(=O)Nc1ccc(S(=O)(=O)N[C@H](C)CCc2ccccc2)cc1C. The molecule has 5 nitrogen and oxygen atoms in total. The van der Waals surface area contributed by atoms with E-state index in [0.717, 1.165) is 6.42 Å². The highest BCUT2D eigenvalue weighted by atomic mass is 32.2. The third-order valence-corrected chi connectivity index (χ3v) is 5.47. The molecule has 0 aliphatic heterocycles. The van der Waals surface area contributed by atoms with Crippen LogP contribution in [0.1, 0.15) is 31.4 Å². The van der Waals surface area contributed by atoms with Gasteiger partial charge in [0.25, 0.3) is 0 Å². The highest BCUT2D eigenvalue weighted by Crippen LogP contribution is 2.20. The van der Waals surface area contributed by atoms with Crippen molar-refractivity contribution in [3.63, 3.8) is 0 Å². The number of carbonyl (C=O) groups is 1. The molecule has 2 aromatic carbocycles. The first kappa shape index (κ1) is 19.1. The van der Waals surface area contributed by atoms with Crippen molar-refractivity contribution in [2.45, 2.75) is 44.6 Å². The molecule has 1 amide bonds. The fourth-order valence-electron chi connectivity index (χ4n) is 2.55. The van der Waals surface area contributed by atoms with Crippen LogP contribution in [0.3, 0.4) is 0 Å². The summed E-state index contributed by atoms with van der Waals surface area (Å²) >= 11 is 0. The van der Waals surface area contributed by atoms with Gasteiger partial charge in [-0.25, -0.2) is 13.1 Å². The first-order valence-corrected chi connectivity index (χ1v) is 9.71. The van der Waals surface area contributed by atoms with Gasteiger partial charge in [0, 0.05) is 18.7 Å². The third kappa shape index (κ3) is 5.69. The van der Waals surface area contributed by atoms with Crippen molar-refractivity contribution in [3.05, 3.63) is 59.7 Å². The number of sulfonamides is 1. The molecular weight excluding hydrogens is 336 g/mol. The number of hydrogen-bond acceptors (Lipinski definition) is 3. The van der Waals surface area contributed by atoms with Crippen LogP contribution in [0.15, 0.2) is 53.4 Å². The Hall–Kier alpha value is -2.18. The summed E-state index contributed by atoms with van der Waals surface area (Å²) in [5.74, 6) is -0.189. The number of hydrogen-bond donors (Lipinski definition) is 2. The van der Waals surface area contributed by atoms with Gasteiger partial charge in [-0.1, -0.05) is 30.3 Å². The standard InChI is InChI=1S/C19H24N2O3S/c1-14-13-18(11-12-19(14)20-16(3)22)25(23,24)21-15(2)9-10-17-7-5-4-6-8-17/h4-8,11-13,15,21H,9-10H2,1-3H3,(H,20,22)/t15-/m1/s1. The zero-order valence-corrected chi connectivity index (χ0v) is 15.6. The van der Waals surface area contributed by atoms with Crippen molar-refractivity contribution in [3.8, 4) is 0 Å². The number of nitrogens with one attached hydrogen (secondary N) is 2. The molecule has 0 aromatic heterocycles. The van der Waals surface area contributed by atoms with Gasteiger partial charge in [-0.15, -0.1) is 0 Å². The molecule has 2 aromatic rings. The Bertz CT molecular complexity index is 833. The summed E-state index contributed by atoms with van der Waals surface area (Å²) in [4.78, 5) is 11.3. The maximum absolute atomic E-state index is 12.5. The second kappa shape index (κ2) is 8.27. The lowest BCUT2D eigenvalue weighted by atomic mass is 10.1. The maximum atomic E-state index is 12.5. The Labute approximate surface area is 149 Å². The third-order valence-electron chi connectivity index (χ3n) is 3.88. The molecule has 0 saturated heterocycles. The highest BCUT2D eigenvalue weighted by molar-refractivity contribution is 7.89. The van der Waals surface area contributed by atoms with E-state index in [9.17, 15) is 13.2 Å². The van der Waals surface area contributed by atoms with Crippen LogP contribution in [-0.4, -0.2) is 20.4 Å². The largest absolute Gasteiger partial charge is 0.326 e. The van der Waals surface area contributed by atoms with E-state index in [2.05, 4.69) is 10.0 Å². The average molecular weight is 360 g/mol. The Morgan fingerprint density at radius 1 is 1.12 bits per heavy atom. The highest BCUT2D eigenvalue weighted by Gasteiger charge is 2.18. The van der Waals surface area contributed by atoms with Gasteiger partial charge in [-0.2, -0.15) is 0 Å². The summed E-state index contributed by atoms with van der Waals surface area (Å²) < 4.78 is 27.8. The summed E-state index contributed by atoms with van der Waals surface area (Å²) in [5, 5.41) is 2.68. The van der Waals surface area contributed by atoms with E-state index < -0.39 is 10.0 Å². The lowest BCUT2D eigenvalue weighted by Crippen LogP contribution is -2.33. The molecule has 134 valence electrons. The molecule has 0 heterocycles. The van der Waals surface area contributed by atoms with Crippen molar-refractivity contribution in [1.82, 2.24) is 4.72 Å². The summed E-state index contributed by atoms with van der Waals surface area (Å²) in [7, 11) is -3.59. The second-order valence-electron chi connectivity index (χ2n) is 6.20. The van der Waals surface area contributed by atoms with E-state index in [1.165, 1.54) is 18.6 Å². The fourth-order valence-corrected chi connectivity index (χ4v) is 3.92. The molecular formula is C19H24N2O3S. The number of carbonyl (C=O) groups excluding carboxylic acids is 1. The van der Waals surface area contributed by atoms with Crippen LogP contribution in [0.2, 0.25) is 0 Å². The smallest absolute Gasteiger partial charge is 0.240 e. The number of anilines is 1. The molecule has 6 heteroatoms. The minimum Gasteiger partial charge on any atom is -0.326 e. The van der Waals surface area contributed by atoms with Crippen LogP contribution in [0.4, 0.5) is 5.69 Å². The molecule has 25 heavy (non-hydrogen) atoms. The van der Waals surface area contributed by atoms with Crippen molar-refractivity contribution in [1.29, 1.82) is 0 Å². The van der Waals surface area contributed by atoms with E-state index >= 15 is 0 Å². The van der Waals surface area contributed by atoms with E-state index in [1.54, 1.807) is 19.1 Å². The number of amides is 1. The van der Waals surface area contributed by atoms with Crippen molar-refractivity contribution < 1.29 is 13.2 Å². The van der Waals surface area contributed by atoms with E-state index in [0.29, 0.717) is 17.7 Å². The average Bonchev–Trinajstić information content (AvgIpc) is 2.55. The summed E-state index contributed by atoms with van der Waals surface area (Å²) in [5.41, 5.74) is 2.50. The quantitative estimate of drug-likeness (QED) is 0.796. The normalized spacial score (nSPS) is 12.6. The lowest BCUT2D eigenvalue weighted by Gasteiger charge is -2.15. The molecule has 0 spiro atoms. The van der Waals surface area contributed by atoms with Gasteiger partial charge in [-0.05, 0) is 56.0 Å². The van der Waals surface area contributed by atoms with Crippen LogP contribution in [-0.2, 0) is 21.2 Å². The predicted octanol–water partition coefficient (Wildman–Crippen LogP) is 3.25. The van der Waals surface area contributed by atoms with Gasteiger partial charge in [0.15, 0.2) is 0 Å². The van der Waals surface area contributed by atoms with Gasteiger partial charge in [0.1, 0.15) is 0 Å². The van der Waals surface area contributed by atoms with Crippen LogP contribution in [0.25, 0.3) is 0 Å². The topological polar surface area (TPSA) is 75.3 Å². The Morgan fingerprint density at radius 3 is 2.40 bits per heavy atom. The number of rotatable bonds is 7. The molecule has 1 atom stereocenters. The van der Waals surface area contributed by atoms with Crippen molar-refractivity contribution in [2.75, 3.05) is 5.32 Å². The number of aryl methyl sites for hydroxylation is 2. The Morgan fingerprint density at radius 2 is 1.80 bits per heavy atom. The van der Waals surface area contributed by atoms with Crippen molar-refractivity contribution >= 4 is 21.6 Å². The first-order valence-electron chi connectivity index (χ1n) is 8.22. The van der Waals surface area contributed by atoms with Crippen LogP contribution < -0.4 is 10.0 Å². The molecule has 0 bridgehead atoms. The van der Waals surface area contributed by atoms with Gasteiger partial charge < -0.3 is 5.32 Å². The summed E-state index contributed by atoms with van der Waals surface area (Å²) in [6, 6.07) is 14.5. The minimum atomic E-state index is -3.59. The molecule has 0 aliphatic rings. The fraction of sp³-hybridized carbons (Fsp3) is 0.316. The van der Waals surface area contributed by atoms with E-state index in [4.69, 9.17) is 0 Å². The van der Waals surface area contributed by atoms with Crippen LogP contribution in [0, 0.1) is 6.92 Å². The zero-order chi connectivity index (χ0) is 18.4. The molecule has 2 rings (SSSR count). The molecule has 2 N–H and O–H groups in total. The molecule has 0 unspecified atom stereocenters. The lowest BCUT2D eigenvalue weighted by molar-refractivity contribution is -0.114. The molecule has 0 aliphatic carbocycles. The van der Waals surface area contributed by atoms with Gasteiger partial charge in [0.05, 0.1) is 4.90 Å². The van der Waals surface area contributed by atoms with E-state index in [-0.39, 0.29) is 16.8 Å². The zero-order valence-electron chi connectivity index (χ0n) is 14.7. The Kier molecular flexibility index (Phi) is 6.33. The van der Waals surface area contributed by atoms with E-state index in [1.807, 2.05) is 37.3 Å². The minimum absolute atomic E-state index is 0.180. The van der Waals surface area contributed by atoms with Crippen LogP contribution >= 0.6 is 0 Å². The second-order valence-corrected chi connectivity index (χ2v) is 7.92. The van der Waals surface area contributed by atoms with Crippen molar-refractivity contribution in [2.24, 2.45) is 0 Å².